The maximum atomic E-state index is 12.7. The molecule has 1 aromatic heterocycles. The zero-order chi connectivity index (χ0) is 18.5. The normalized spacial score (nSPS) is 16.3. The van der Waals surface area contributed by atoms with Gasteiger partial charge in [-0.3, -0.25) is 9.69 Å². The number of rotatable bonds is 6. The number of nitrogens with one attached hydrogen (secondary N) is 1. The van der Waals surface area contributed by atoms with Gasteiger partial charge in [0.25, 0.3) is 5.91 Å². The fraction of sp³-hybridized carbons (Fsp3) is 0.421. The van der Waals surface area contributed by atoms with Crippen LogP contribution in [0.4, 0.5) is 0 Å². The Labute approximate surface area is 158 Å². The van der Waals surface area contributed by atoms with E-state index in [9.17, 15) is 4.79 Å². The second kappa shape index (κ2) is 8.58. The summed E-state index contributed by atoms with van der Waals surface area (Å²) in [5.74, 6) is 1.93. The van der Waals surface area contributed by atoms with E-state index >= 15 is 0 Å². The number of halogens is 1. The number of furan rings is 1. The Bertz CT molecular complexity index is 756. The average molecular weight is 379 g/mol. The van der Waals surface area contributed by atoms with Gasteiger partial charge < -0.3 is 19.2 Å². The van der Waals surface area contributed by atoms with Crippen LogP contribution >= 0.6 is 11.6 Å². The summed E-state index contributed by atoms with van der Waals surface area (Å²) in [5.41, 5.74) is 0.452. The number of aryl methyl sites for hydroxylation is 1. The molecule has 1 atom stereocenters. The SMILES string of the molecule is COc1cc(Cl)ccc1C(=O)NCC(c1ccc(C)o1)N1CCOCC1. The number of hydrogen-bond donors (Lipinski definition) is 1. The minimum atomic E-state index is -0.208. The van der Waals surface area contributed by atoms with E-state index in [-0.39, 0.29) is 11.9 Å². The first-order chi connectivity index (χ1) is 12.6. The first kappa shape index (κ1) is 18.8. The molecule has 0 spiro atoms. The Hall–Kier alpha value is -2.02. The number of benzene rings is 1. The lowest BCUT2D eigenvalue weighted by Crippen LogP contribution is -2.43. The Morgan fingerprint density at radius 2 is 2.08 bits per heavy atom. The molecule has 1 aliphatic rings. The highest BCUT2D eigenvalue weighted by Gasteiger charge is 2.26. The van der Waals surface area contributed by atoms with Gasteiger partial charge in [-0.25, -0.2) is 0 Å². The van der Waals surface area contributed by atoms with Crippen LogP contribution < -0.4 is 10.1 Å². The van der Waals surface area contributed by atoms with Crippen molar-refractivity contribution in [3.63, 3.8) is 0 Å². The van der Waals surface area contributed by atoms with Gasteiger partial charge in [0.1, 0.15) is 17.3 Å². The van der Waals surface area contributed by atoms with Gasteiger partial charge in [0.15, 0.2) is 0 Å². The van der Waals surface area contributed by atoms with Crippen molar-refractivity contribution in [2.45, 2.75) is 13.0 Å². The van der Waals surface area contributed by atoms with Gasteiger partial charge in [0.2, 0.25) is 0 Å². The quantitative estimate of drug-likeness (QED) is 0.837. The van der Waals surface area contributed by atoms with Gasteiger partial charge >= 0.3 is 0 Å². The molecule has 1 fully saturated rings. The maximum Gasteiger partial charge on any atom is 0.255 e. The van der Waals surface area contributed by atoms with E-state index in [1.807, 2.05) is 19.1 Å². The average Bonchev–Trinajstić information content (AvgIpc) is 3.08. The molecule has 1 N–H and O–H groups in total. The largest absolute Gasteiger partial charge is 0.496 e. The van der Waals surface area contributed by atoms with E-state index in [2.05, 4.69) is 10.2 Å². The van der Waals surface area contributed by atoms with Gasteiger partial charge in [-0.15, -0.1) is 0 Å². The van der Waals surface area contributed by atoms with E-state index < -0.39 is 0 Å². The van der Waals surface area contributed by atoms with Crippen LogP contribution in [0.3, 0.4) is 0 Å². The molecule has 2 aromatic rings. The van der Waals surface area contributed by atoms with Crippen LogP contribution in [0.25, 0.3) is 0 Å². The van der Waals surface area contributed by atoms with E-state index in [4.69, 9.17) is 25.5 Å². The predicted molar refractivity (Wildman–Crippen MR) is 98.9 cm³/mol. The van der Waals surface area contributed by atoms with Crippen LogP contribution in [0.5, 0.6) is 5.75 Å². The van der Waals surface area contributed by atoms with Crippen molar-refractivity contribution in [2.75, 3.05) is 40.0 Å². The minimum Gasteiger partial charge on any atom is -0.496 e. The second-order valence-corrected chi connectivity index (χ2v) is 6.60. The van der Waals surface area contributed by atoms with Gasteiger partial charge in [0.05, 0.1) is 31.9 Å². The highest BCUT2D eigenvalue weighted by molar-refractivity contribution is 6.30. The summed E-state index contributed by atoms with van der Waals surface area (Å²) in [5, 5.41) is 3.52. The first-order valence-corrected chi connectivity index (χ1v) is 8.96. The first-order valence-electron chi connectivity index (χ1n) is 8.58. The fourth-order valence-electron chi connectivity index (χ4n) is 3.07. The second-order valence-electron chi connectivity index (χ2n) is 6.17. The Kier molecular flexibility index (Phi) is 6.19. The highest BCUT2D eigenvalue weighted by atomic mass is 35.5. The highest BCUT2D eigenvalue weighted by Crippen LogP contribution is 2.25. The molecule has 0 aliphatic carbocycles. The van der Waals surface area contributed by atoms with Crippen molar-refractivity contribution in [1.29, 1.82) is 0 Å². The molecule has 0 radical (unpaired) electrons. The van der Waals surface area contributed by atoms with Crippen molar-refractivity contribution < 1.29 is 18.7 Å². The Morgan fingerprint density at radius 1 is 1.31 bits per heavy atom. The number of morpholine rings is 1. The van der Waals surface area contributed by atoms with E-state index in [1.165, 1.54) is 7.11 Å². The van der Waals surface area contributed by atoms with Crippen molar-refractivity contribution in [3.05, 3.63) is 52.4 Å². The van der Waals surface area contributed by atoms with Crippen molar-refractivity contribution in [3.8, 4) is 5.75 Å². The third-order valence-corrected chi connectivity index (χ3v) is 4.68. The van der Waals surface area contributed by atoms with Crippen LogP contribution in [-0.4, -0.2) is 50.8 Å². The Balaban J connectivity index is 1.74. The summed E-state index contributed by atoms with van der Waals surface area (Å²) >= 11 is 5.97. The lowest BCUT2D eigenvalue weighted by atomic mass is 10.1. The molecule has 1 aliphatic heterocycles. The molecule has 6 nitrogen and oxygen atoms in total. The van der Waals surface area contributed by atoms with Crippen molar-refractivity contribution in [1.82, 2.24) is 10.2 Å². The third-order valence-electron chi connectivity index (χ3n) is 4.44. The summed E-state index contributed by atoms with van der Waals surface area (Å²) in [6.45, 7) is 5.29. The third kappa shape index (κ3) is 4.38. The molecule has 0 bridgehead atoms. The number of amides is 1. The van der Waals surface area contributed by atoms with Gasteiger partial charge in [-0.05, 0) is 37.3 Å². The summed E-state index contributed by atoms with van der Waals surface area (Å²) in [6, 6.07) is 8.82. The molecule has 7 heteroatoms. The summed E-state index contributed by atoms with van der Waals surface area (Å²) < 4.78 is 16.5. The molecule has 140 valence electrons. The summed E-state index contributed by atoms with van der Waals surface area (Å²) in [6.07, 6.45) is 0. The van der Waals surface area contributed by atoms with E-state index in [0.717, 1.165) is 24.6 Å². The smallest absolute Gasteiger partial charge is 0.255 e. The molecule has 1 saturated heterocycles. The standard InChI is InChI=1S/C19H23ClN2O4/c1-13-3-6-17(26-13)16(22-7-9-25-10-8-22)12-21-19(23)15-5-4-14(20)11-18(15)24-2/h3-6,11,16H,7-10,12H2,1-2H3,(H,21,23). The number of ether oxygens (including phenoxy) is 2. The fourth-order valence-corrected chi connectivity index (χ4v) is 3.23. The summed E-state index contributed by atoms with van der Waals surface area (Å²) in [4.78, 5) is 14.9. The van der Waals surface area contributed by atoms with Crippen molar-refractivity contribution >= 4 is 17.5 Å². The van der Waals surface area contributed by atoms with Gasteiger partial charge in [-0.2, -0.15) is 0 Å². The van der Waals surface area contributed by atoms with Gasteiger partial charge in [0, 0.05) is 24.7 Å². The maximum absolute atomic E-state index is 12.7. The topological polar surface area (TPSA) is 63.9 Å². The van der Waals surface area contributed by atoms with Crippen LogP contribution in [0.15, 0.2) is 34.7 Å². The molecular weight excluding hydrogens is 356 g/mol. The zero-order valence-corrected chi connectivity index (χ0v) is 15.7. The molecular formula is C19H23ClN2O4. The summed E-state index contributed by atoms with van der Waals surface area (Å²) in [7, 11) is 1.52. The van der Waals surface area contributed by atoms with E-state index in [1.54, 1.807) is 18.2 Å². The monoisotopic (exact) mass is 378 g/mol. The molecule has 26 heavy (non-hydrogen) atoms. The lowest BCUT2D eigenvalue weighted by molar-refractivity contribution is 0.0117. The molecule has 0 saturated carbocycles. The molecule has 3 rings (SSSR count). The van der Waals surface area contributed by atoms with Gasteiger partial charge in [-0.1, -0.05) is 11.6 Å². The number of hydrogen-bond acceptors (Lipinski definition) is 5. The molecule has 2 heterocycles. The minimum absolute atomic E-state index is 0.0464. The number of carbonyl (C=O) groups excluding carboxylic acids is 1. The Morgan fingerprint density at radius 3 is 2.73 bits per heavy atom. The van der Waals surface area contributed by atoms with Crippen LogP contribution in [-0.2, 0) is 4.74 Å². The number of nitrogens with zero attached hydrogens (tertiary/aromatic N) is 1. The van der Waals surface area contributed by atoms with Crippen LogP contribution in [0, 0.1) is 6.92 Å². The molecule has 1 amide bonds. The molecule has 1 aromatic carbocycles. The van der Waals surface area contributed by atoms with E-state index in [0.29, 0.717) is 36.1 Å². The lowest BCUT2D eigenvalue weighted by Gasteiger charge is -2.33. The van der Waals surface area contributed by atoms with Crippen molar-refractivity contribution in [2.24, 2.45) is 0 Å². The molecule has 1 unspecified atom stereocenters. The number of methoxy groups -OCH3 is 1. The van der Waals surface area contributed by atoms with Crippen LogP contribution in [0.1, 0.15) is 27.9 Å². The predicted octanol–water partition coefficient (Wildman–Crippen LogP) is 3.05. The number of carbonyl (C=O) groups is 1. The van der Waals surface area contributed by atoms with Crippen LogP contribution in [0.2, 0.25) is 5.02 Å². The zero-order valence-electron chi connectivity index (χ0n) is 15.0.